The summed E-state index contributed by atoms with van der Waals surface area (Å²) >= 11 is 0. The van der Waals surface area contributed by atoms with Gasteiger partial charge in [0.2, 0.25) is 11.8 Å². The normalized spacial score (nSPS) is 11.9. The Bertz CT molecular complexity index is 1300. The number of benzene rings is 3. The van der Waals surface area contributed by atoms with Crippen LogP contribution >= 0.6 is 0 Å². The summed E-state index contributed by atoms with van der Waals surface area (Å²) in [4.78, 5) is 28.6. The second-order valence-electron chi connectivity index (χ2n) is 9.10. The zero-order chi connectivity index (χ0) is 28.3. The van der Waals surface area contributed by atoms with Gasteiger partial charge in [0, 0.05) is 13.1 Å². The molecule has 0 aliphatic rings. The molecule has 0 saturated heterocycles. The van der Waals surface area contributed by atoms with Gasteiger partial charge in [-0.1, -0.05) is 68.8 Å². The second kappa shape index (κ2) is 14.3. The lowest BCUT2D eigenvalue weighted by atomic mass is 10.1. The molecule has 0 fully saturated rings. The molecule has 208 valence electrons. The van der Waals surface area contributed by atoms with Crippen LogP contribution in [0.3, 0.4) is 0 Å². The van der Waals surface area contributed by atoms with Gasteiger partial charge in [-0.05, 0) is 54.8 Å². The molecule has 39 heavy (non-hydrogen) atoms. The molecular weight excluding hydrogens is 514 g/mol. The van der Waals surface area contributed by atoms with Gasteiger partial charge < -0.3 is 15.0 Å². The zero-order valence-corrected chi connectivity index (χ0v) is 23.6. The van der Waals surface area contributed by atoms with Crippen LogP contribution in [0, 0.1) is 0 Å². The van der Waals surface area contributed by atoms with E-state index in [-0.39, 0.29) is 17.3 Å². The van der Waals surface area contributed by atoms with Crippen LogP contribution in [0.4, 0.5) is 5.69 Å². The SMILES string of the molecule is CCCCNC(=O)[C@H](CC)N(Cc1ccccc1)C(=O)CN(c1ccccc1)S(=O)(=O)c1ccc(OC)cc1. The van der Waals surface area contributed by atoms with E-state index >= 15 is 0 Å². The smallest absolute Gasteiger partial charge is 0.264 e. The summed E-state index contributed by atoms with van der Waals surface area (Å²) in [5.74, 6) is -0.206. The van der Waals surface area contributed by atoms with E-state index in [0.29, 0.717) is 24.4 Å². The van der Waals surface area contributed by atoms with E-state index in [1.54, 1.807) is 42.5 Å². The van der Waals surface area contributed by atoms with Gasteiger partial charge in [0.25, 0.3) is 10.0 Å². The van der Waals surface area contributed by atoms with E-state index in [4.69, 9.17) is 4.74 Å². The number of methoxy groups -OCH3 is 1. The van der Waals surface area contributed by atoms with E-state index in [1.807, 2.05) is 44.2 Å². The Balaban J connectivity index is 1.99. The summed E-state index contributed by atoms with van der Waals surface area (Å²) in [7, 11) is -2.62. The van der Waals surface area contributed by atoms with Gasteiger partial charge in [-0.15, -0.1) is 0 Å². The maximum atomic E-state index is 14.0. The number of anilines is 1. The third-order valence-electron chi connectivity index (χ3n) is 6.38. The standard InChI is InChI=1S/C30H37N3O5S/c1-4-6-21-31-30(35)28(5-2)32(22-24-13-9-7-10-14-24)29(34)23-33(25-15-11-8-12-16-25)39(36,37)27-19-17-26(38-3)18-20-27/h7-20,28H,4-6,21-23H2,1-3H3,(H,31,35)/t28-/m0/s1. The van der Waals surface area contributed by atoms with Gasteiger partial charge in [-0.25, -0.2) is 8.42 Å². The topological polar surface area (TPSA) is 96.0 Å². The Hall–Kier alpha value is -3.85. The lowest BCUT2D eigenvalue weighted by Crippen LogP contribution is -2.52. The number of nitrogens with zero attached hydrogens (tertiary/aromatic N) is 2. The number of hydrogen-bond acceptors (Lipinski definition) is 5. The minimum Gasteiger partial charge on any atom is -0.497 e. The summed E-state index contributed by atoms with van der Waals surface area (Å²) in [6, 6.07) is 23.1. The van der Waals surface area contributed by atoms with Crippen molar-refractivity contribution in [1.82, 2.24) is 10.2 Å². The summed E-state index contributed by atoms with van der Waals surface area (Å²) in [5, 5.41) is 2.93. The largest absolute Gasteiger partial charge is 0.497 e. The number of carbonyl (C=O) groups is 2. The average Bonchev–Trinajstić information content (AvgIpc) is 2.96. The van der Waals surface area contributed by atoms with Gasteiger partial charge in [-0.3, -0.25) is 13.9 Å². The fourth-order valence-corrected chi connectivity index (χ4v) is 5.62. The summed E-state index contributed by atoms with van der Waals surface area (Å²) < 4.78 is 33.9. The molecule has 0 aromatic heterocycles. The van der Waals surface area contributed by atoms with Crippen LogP contribution in [0.15, 0.2) is 89.8 Å². The Morgan fingerprint density at radius 2 is 1.51 bits per heavy atom. The number of unbranched alkanes of at least 4 members (excludes halogenated alkanes) is 1. The molecule has 3 aromatic rings. The van der Waals surface area contributed by atoms with Gasteiger partial charge >= 0.3 is 0 Å². The third-order valence-corrected chi connectivity index (χ3v) is 8.17. The summed E-state index contributed by atoms with van der Waals surface area (Å²) in [6.45, 7) is 4.10. The molecule has 0 heterocycles. The van der Waals surface area contributed by atoms with Crippen LogP contribution in [-0.4, -0.2) is 51.4 Å². The number of ether oxygens (including phenoxy) is 1. The fourth-order valence-electron chi connectivity index (χ4n) is 4.20. The molecule has 0 radical (unpaired) electrons. The molecule has 0 bridgehead atoms. The van der Waals surface area contributed by atoms with Crippen LogP contribution in [0.2, 0.25) is 0 Å². The van der Waals surface area contributed by atoms with Crippen molar-refractivity contribution in [2.75, 3.05) is 24.5 Å². The highest BCUT2D eigenvalue weighted by molar-refractivity contribution is 7.92. The van der Waals surface area contributed by atoms with E-state index in [9.17, 15) is 18.0 Å². The molecule has 2 amide bonds. The number of rotatable bonds is 14. The van der Waals surface area contributed by atoms with Crippen molar-refractivity contribution < 1.29 is 22.7 Å². The van der Waals surface area contributed by atoms with Crippen LogP contribution in [0.1, 0.15) is 38.7 Å². The molecule has 8 nitrogen and oxygen atoms in total. The van der Waals surface area contributed by atoms with Crippen LogP contribution in [-0.2, 0) is 26.2 Å². The Kier molecular flexibility index (Phi) is 10.9. The van der Waals surface area contributed by atoms with Crippen molar-refractivity contribution in [2.45, 2.75) is 50.6 Å². The molecule has 9 heteroatoms. The second-order valence-corrected chi connectivity index (χ2v) is 11.0. The van der Waals surface area contributed by atoms with Crippen LogP contribution in [0.25, 0.3) is 0 Å². The van der Waals surface area contributed by atoms with Crippen molar-refractivity contribution >= 4 is 27.5 Å². The molecule has 3 rings (SSSR count). The van der Waals surface area contributed by atoms with Gasteiger partial charge in [0.05, 0.1) is 17.7 Å². The van der Waals surface area contributed by atoms with E-state index in [0.717, 1.165) is 22.7 Å². The Labute approximate surface area is 231 Å². The molecule has 0 spiro atoms. The molecule has 3 aromatic carbocycles. The highest BCUT2D eigenvalue weighted by Crippen LogP contribution is 2.26. The first kappa shape index (κ1) is 29.7. The van der Waals surface area contributed by atoms with Crippen molar-refractivity contribution in [3.63, 3.8) is 0 Å². The average molecular weight is 552 g/mol. The first-order valence-corrected chi connectivity index (χ1v) is 14.6. The van der Waals surface area contributed by atoms with Crippen molar-refractivity contribution in [2.24, 2.45) is 0 Å². The number of hydrogen-bond donors (Lipinski definition) is 1. The summed E-state index contributed by atoms with van der Waals surface area (Å²) in [5.41, 5.74) is 1.19. The maximum absolute atomic E-state index is 14.0. The monoisotopic (exact) mass is 551 g/mol. The Morgan fingerprint density at radius 1 is 0.897 bits per heavy atom. The number of amides is 2. The van der Waals surface area contributed by atoms with Gasteiger partial charge in [0.15, 0.2) is 0 Å². The molecular formula is C30H37N3O5S. The molecule has 0 aliphatic carbocycles. The van der Waals surface area contributed by atoms with Gasteiger partial charge in [0.1, 0.15) is 18.3 Å². The van der Waals surface area contributed by atoms with Crippen LogP contribution < -0.4 is 14.4 Å². The van der Waals surface area contributed by atoms with E-state index in [2.05, 4.69) is 5.32 Å². The highest BCUT2D eigenvalue weighted by atomic mass is 32.2. The Morgan fingerprint density at radius 3 is 2.08 bits per heavy atom. The number of sulfonamides is 1. The zero-order valence-electron chi connectivity index (χ0n) is 22.7. The van der Waals surface area contributed by atoms with Crippen molar-refractivity contribution in [3.8, 4) is 5.75 Å². The molecule has 0 unspecified atom stereocenters. The highest BCUT2D eigenvalue weighted by Gasteiger charge is 2.33. The maximum Gasteiger partial charge on any atom is 0.264 e. The first-order chi connectivity index (χ1) is 18.8. The van der Waals surface area contributed by atoms with Crippen molar-refractivity contribution in [1.29, 1.82) is 0 Å². The molecule has 0 saturated carbocycles. The van der Waals surface area contributed by atoms with Gasteiger partial charge in [-0.2, -0.15) is 0 Å². The minimum atomic E-state index is -4.12. The predicted octanol–water partition coefficient (Wildman–Crippen LogP) is 4.61. The lowest BCUT2D eigenvalue weighted by Gasteiger charge is -2.33. The molecule has 1 N–H and O–H groups in total. The fraction of sp³-hybridized carbons (Fsp3) is 0.333. The minimum absolute atomic E-state index is 0.0268. The number of para-hydroxylation sites is 1. The number of carbonyl (C=O) groups excluding carboxylic acids is 2. The lowest BCUT2D eigenvalue weighted by molar-refractivity contribution is -0.140. The van der Waals surface area contributed by atoms with E-state index in [1.165, 1.54) is 24.1 Å². The molecule has 0 aliphatic heterocycles. The van der Waals surface area contributed by atoms with Crippen molar-refractivity contribution in [3.05, 3.63) is 90.5 Å². The number of nitrogens with one attached hydrogen (secondary N) is 1. The molecule has 1 atom stereocenters. The third kappa shape index (κ3) is 7.83. The first-order valence-electron chi connectivity index (χ1n) is 13.1. The summed E-state index contributed by atoms with van der Waals surface area (Å²) in [6.07, 6.45) is 2.14. The van der Waals surface area contributed by atoms with Crippen LogP contribution in [0.5, 0.6) is 5.75 Å². The quantitative estimate of drug-likeness (QED) is 0.295. The van der Waals surface area contributed by atoms with E-state index < -0.39 is 28.5 Å². The predicted molar refractivity (Wildman–Crippen MR) is 153 cm³/mol.